The van der Waals surface area contributed by atoms with Crippen LogP contribution in [0.5, 0.6) is 5.75 Å². The van der Waals surface area contributed by atoms with Crippen molar-refractivity contribution in [3.8, 4) is 5.75 Å². The van der Waals surface area contributed by atoms with Crippen LogP contribution >= 0.6 is 0 Å². The van der Waals surface area contributed by atoms with Gasteiger partial charge in [-0.25, -0.2) is 0 Å². The molecule has 84 valence electrons. The van der Waals surface area contributed by atoms with Crippen LogP contribution in [0, 0.1) is 0 Å². The Bertz CT molecular complexity index is 560. The van der Waals surface area contributed by atoms with E-state index in [1.54, 1.807) is 30.0 Å². The van der Waals surface area contributed by atoms with Gasteiger partial charge in [0.2, 0.25) is 0 Å². The molecule has 0 spiro atoms. The molecule has 0 aliphatic heterocycles. The maximum Gasteiger partial charge on any atom is 0.251 e. The summed E-state index contributed by atoms with van der Waals surface area (Å²) in [4.78, 5) is 16.0. The number of hydrogen-bond acceptors (Lipinski definition) is 3. The molecule has 0 atom stereocenters. The first-order valence-corrected chi connectivity index (χ1v) is 5.30. The van der Waals surface area contributed by atoms with Gasteiger partial charge in [-0.05, 0) is 12.5 Å². The first-order chi connectivity index (χ1) is 7.76. The first-order valence-electron chi connectivity index (χ1n) is 5.30. The number of methoxy groups -OCH3 is 1. The van der Waals surface area contributed by atoms with E-state index in [9.17, 15) is 4.79 Å². The highest BCUT2D eigenvalue weighted by molar-refractivity contribution is 5.75. The number of aromatic nitrogens is 2. The Labute approximate surface area is 93.5 Å². The lowest BCUT2D eigenvalue weighted by Crippen LogP contribution is -2.19. The third-order valence-corrected chi connectivity index (χ3v) is 2.50. The van der Waals surface area contributed by atoms with E-state index in [0.29, 0.717) is 12.3 Å². The quantitative estimate of drug-likeness (QED) is 0.789. The molecule has 0 aliphatic rings. The van der Waals surface area contributed by atoms with E-state index in [0.717, 1.165) is 17.5 Å². The third-order valence-electron chi connectivity index (χ3n) is 2.50. The average Bonchev–Trinajstić information content (AvgIpc) is 2.32. The lowest BCUT2D eigenvalue weighted by atomic mass is 10.3. The highest BCUT2D eigenvalue weighted by Gasteiger charge is 2.04. The summed E-state index contributed by atoms with van der Waals surface area (Å²) in [6.07, 6.45) is 2.57. The summed E-state index contributed by atoms with van der Waals surface area (Å²) in [5.74, 6) is 0.669. The Hall–Kier alpha value is -1.84. The van der Waals surface area contributed by atoms with Gasteiger partial charge in [0.25, 0.3) is 5.56 Å². The molecular formula is C12H14N2O2. The number of ether oxygens (including phenoxy) is 1. The molecule has 16 heavy (non-hydrogen) atoms. The Morgan fingerprint density at radius 1 is 1.44 bits per heavy atom. The number of fused-ring (bicyclic) bond motifs is 1. The summed E-state index contributed by atoms with van der Waals surface area (Å²) in [7, 11) is 1.59. The van der Waals surface area contributed by atoms with Gasteiger partial charge in [0, 0.05) is 18.7 Å². The minimum Gasteiger partial charge on any atom is -0.495 e. The van der Waals surface area contributed by atoms with Crippen LogP contribution in [0.2, 0.25) is 0 Å². The smallest absolute Gasteiger partial charge is 0.251 e. The molecule has 0 amide bonds. The van der Waals surface area contributed by atoms with Crippen molar-refractivity contribution in [2.45, 2.75) is 19.9 Å². The maximum absolute atomic E-state index is 11.7. The average molecular weight is 218 g/mol. The molecule has 2 rings (SSSR count). The fraction of sp³-hybridized carbons (Fsp3) is 0.333. The normalized spacial score (nSPS) is 10.6. The second kappa shape index (κ2) is 4.35. The molecule has 0 bridgehead atoms. The van der Waals surface area contributed by atoms with Gasteiger partial charge in [0.05, 0.1) is 24.3 Å². The Balaban J connectivity index is 2.72. The summed E-state index contributed by atoms with van der Waals surface area (Å²) in [5, 5.41) is 0. The topological polar surface area (TPSA) is 44.1 Å². The lowest BCUT2D eigenvalue weighted by molar-refractivity contribution is 0.413. The lowest BCUT2D eigenvalue weighted by Gasteiger charge is -2.09. The standard InChI is InChI=1S/C12H14N2O2/c1-3-6-14-11-7-9(16-2)8-13-10(11)4-5-12(14)15/h4-5,7-8H,3,6H2,1-2H3. The highest BCUT2D eigenvalue weighted by atomic mass is 16.5. The van der Waals surface area contributed by atoms with Crippen LogP contribution in [0.4, 0.5) is 0 Å². The SMILES string of the molecule is CCCn1c(=O)ccc2ncc(OC)cc21. The zero-order valence-corrected chi connectivity index (χ0v) is 9.43. The van der Waals surface area contributed by atoms with Gasteiger partial charge in [-0.3, -0.25) is 9.78 Å². The third kappa shape index (κ3) is 1.78. The van der Waals surface area contributed by atoms with Crippen LogP contribution in [-0.2, 0) is 6.54 Å². The van der Waals surface area contributed by atoms with Crippen LogP contribution in [0.15, 0.2) is 29.2 Å². The van der Waals surface area contributed by atoms with E-state index >= 15 is 0 Å². The molecule has 0 radical (unpaired) electrons. The summed E-state index contributed by atoms with van der Waals surface area (Å²) in [6.45, 7) is 2.74. The van der Waals surface area contributed by atoms with Gasteiger partial charge in [0.15, 0.2) is 0 Å². The van der Waals surface area contributed by atoms with Crippen molar-refractivity contribution < 1.29 is 4.74 Å². The van der Waals surface area contributed by atoms with Gasteiger partial charge in [-0.1, -0.05) is 6.92 Å². The van der Waals surface area contributed by atoms with Gasteiger partial charge in [-0.2, -0.15) is 0 Å². The first kappa shape index (κ1) is 10.7. The minimum atomic E-state index is 0.00408. The van der Waals surface area contributed by atoms with E-state index in [-0.39, 0.29) is 5.56 Å². The fourth-order valence-corrected chi connectivity index (χ4v) is 1.71. The van der Waals surface area contributed by atoms with Crippen molar-refractivity contribution >= 4 is 11.0 Å². The van der Waals surface area contributed by atoms with Crippen molar-refractivity contribution in [2.75, 3.05) is 7.11 Å². The Morgan fingerprint density at radius 3 is 2.94 bits per heavy atom. The number of hydrogen-bond donors (Lipinski definition) is 0. The van der Waals surface area contributed by atoms with E-state index in [1.807, 2.05) is 13.0 Å². The van der Waals surface area contributed by atoms with Crippen molar-refractivity contribution in [1.29, 1.82) is 0 Å². The monoisotopic (exact) mass is 218 g/mol. The van der Waals surface area contributed by atoms with E-state index < -0.39 is 0 Å². The minimum absolute atomic E-state index is 0.00408. The number of aryl methyl sites for hydroxylation is 1. The predicted octanol–water partition coefficient (Wildman–Crippen LogP) is 1.82. The zero-order valence-electron chi connectivity index (χ0n) is 9.43. The molecule has 2 aromatic rings. The largest absolute Gasteiger partial charge is 0.495 e. The zero-order chi connectivity index (χ0) is 11.5. The Morgan fingerprint density at radius 2 is 2.25 bits per heavy atom. The van der Waals surface area contributed by atoms with Gasteiger partial charge >= 0.3 is 0 Å². The van der Waals surface area contributed by atoms with Gasteiger partial charge in [-0.15, -0.1) is 0 Å². The van der Waals surface area contributed by atoms with Crippen LogP contribution < -0.4 is 10.3 Å². The van der Waals surface area contributed by atoms with Crippen molar-refractivity contribution in [2.24, 2.45) is 0 Å². The van der Waals surface area contributed by atoms with Gasteiger partial charge in [0.1, 0.15) is 5.75 Å². The Kier molecular flexibility index (Phi) is 2.90. The highest BCUT2D eigenvalue weighted by Crippen LogP contribution is 2.16. The molecule has 0 saturated carbocycles. The number of pyridine rings is 2. The summed E-state index contributed by atoms with van der Waals surface area (Å²) in [5.41, 5.74) is 1.65. The van der Waals surface area contributed by atoms with Crippen LogP contribution in [0.25, 0.3) is 11.0 Å². The number of nitrogens with zero attached hydrogens (tertiary/aromatic N) is 2. The van der Waals surface area contributed by atoms with E-state index in [2.05, 4.69) is 4.98 Å². The van der Waals surface area contributed by atoms with Crippen molar-refractivity contribution in [3.05, 3.63) is 34.7 Å². The van der Waals surface area contributed by atoms with Crippen molar-refractivity contribution in [1.82, 2.24) is 9.55 Å². The number of rotatable bonds is 3. The summed E-state index contributed by atoms with van der Waals surface area (Å²) in [6, 6.07) is 5.14. The molecule has 0 unspecified atom stereocenters. The molecule has 0 N–H and O–H groups in total. The molecule has 0 aromatic carbocycles. The second-order valence-electron chi connectivity index (χ2n) is 3.60. The van der Waals surface area contributed by atoms with Crippen LogP contribution in [0.1, 0.15) is 13.3 Å². The molecule has 0 fully saturated rings. The summed E-state index contributed by atoms with van der Waals surface area (Å²) < 4.78 is 6.84. The van der Waals surface area contributed by atoms with Crippen LogP contribution in [-0.4, -0.2) is 16.7 Å². The van der Waals surface area contributed by atoms with Crippen molar-refractivity contribution in [3.63, 3.8) is 0 Å². The van der Waals surface area contributed by atoms with Gasteiger partial charge < -0.3 is 9.30 Å². The molecule has 4 nitrogen and oxygen atoms in total. The van der Waals surface area contributed by atoms with E-state index in [4.69, 9.17) is 4.74 Å². The maximum atomic E-state index is 11.7. The molecule has 0 aliphatic carbocycles. The fourth-order valence-electron chi connectivity index (χ4n) is 1.71. The molecule has 2 aromatic heterocycles. The molecule has 4 heteroatoms. The molecular weight excluding hydrogens is 204 g/mol. The van der Waals surface area contributed by atoms with E-state index in [1.165, 1.54) is 0 Å². The predicted molar refractivity (Wildman–Crippen MR) is 62.8 cm³/mol. The van der Waals surface area contributed by atoms with Crippen LogP contribution in [0.3, 0.4) is 0 Å². The molecule has 2 heterocycles. The second-order valence-corrected chi connectivity index (χ2v) is 3.60. The summed E-state index contributed by atoms with van der Waals surface area (Å²) >= 11 is 0. The molecule has 0 saturated heterocycles.